The molecule has 1 aromatic heterocycles. The Hall–Kier alpha value is -2.90. The number of aromatic nitrogens is 1. The molecule has 25 heavy (non-hydrogen) atoms. The maximum atomic E-state index is 12.5. The summed E-state index contributed by atoms with van der Waals surface area (Å²) >= 11 is 0. The van der Waals surface area contributed by atoms with Crippen LogP contribution in [0.2, 0.25) is 0 Å². The van der Waals surface area contributed by atoms with Gasteiger partial charge in [-0.15, -0.1) is 0 Å². The zero-order chi connectivity index (χ0) is 18.4. The molecule has 0 unspecified atom stereocenters. The van der Waals surface area contributed by atoms with Crippen molar-refractivity contribution in [3.8, 4) is 0 Å². The molecule has 8 heteroatoms. The van der Waals surface area contributed by atoms with Crippen LogP contribution in [-0.4, -0.2) is 23.3 Å². The Balaban J connectivity index is 2.09. The second-order valence-corrected chi connectivity index (χ2v) is 5.21. The molecule has 2 N–H and O–H groups in total. The predicted molar refractivity (Wildman–Crippen MR) is 86.3 cm³/mol. The summed E-state index contributed by atoms with van der Waals surface area (Å²) < 4.78 is 37.6. The largest absolute Gasteiger partial charge is 0.416 e. The van der Waals surface area contributed by atoms with E-state index < -0.39 is 17.6 Å². The fourth-order valence-electron chi connectivity index (χ4n) is 1.97. The number of nitrogens with zero attached hydrogens (tertiary/aromatic N) is 1. The highest BCUT2D eigenvalue weighted by Crippen LogP contribution is 2.29. The summed E-state index contributed by atoms with van der Waals surface area (Å²) in [7, 11) is 0. The van der Waals surface area contributed by atoms with E-state index in [2.05, 4.69) is 15.6 Å². The van der Waals surface area contributed by atoms with Gasteiger partial charge in [-0.2, -0.15) is 13.2 Å². The fraction of sp³-hybridized carbons (Fsp3) is 0.235. The van der Waals surface area contributed by atoms with Crippen LogP contribution in [-0.2, 0) is 6.18 Å². The number of pyridine rings is 1. The third-order valence-corrected chi connectivity index (χ3v) is 3.26. The molecule has 2 amide bonds. The number of benzene rings is 1. The van der Waals surface area contributed by atoms with Gasteiger partial charge >= 0.3 is 6.18 Å². The van der Waals surface area contributed by atoms with E-state index in [-0.39, 0.29) is 22.9 Å². The number of anilines is 1. The molecule has 0 bridgehead atoms. The van der Waals surface area contributed by atoms with Gasteiger partial charge in [0.05, 0.1) is 5.56 Å². The van der Waals surface area contributed by atoms with Crippen molar-refractivity contribution < 1.29 is 22.8 Å². The monoisotopic (exact) mass is 351 g/mol. The summed E-state index contributed by atoms with van der Waals surface area (Å²) in [5, 5.41) is 5.13. The smallest absolute Gasteiger partial charge is 0.352 e. The predicted octanol–water partition coefficient (Wildman–Crippen LogP) is 3.49. The molecule has 0 fully saturated rings. The normalized spacial score (nSPS) is 11.0. The third kappa shape index (κ3) is 5.03. The fourth-order valence-corrected chi connectivity index (χ4v) is 1.97. The molecule has 0 saturated heterocycles. The van der Waals surface area contributed by atoms with Crippen molar-refractivity contribution in [3.63, 3.8) is 0 Å². The number of carbonyl (C=O) groups is 2. The van der Waals surface area contributed by atoms with Gasteiger partial charge in [-0.25, -0.2) is 0 Å². The van der Waals surface area contributed by atoms with E-state index in [4.69, 9.17) is 0 Å². The standard InChI is InChI=1S/C17H16F3N3O2/c1-2-8-22-15(24)11-7-9-21-14(10-11)16(25)23-13-5-3-12(4-6-13)17(18,19)20/h3-7,9-10H,2,8H2,1H3,(H,22,24)(H,23,25). The molecule has 0 radical (unpaired) electrons. The number of rotatable bonds is 5. The summed E-state index contributed by atoms with van der Waals surface area (Å²) in [5.74, 6) is -0.947. The average Bonchev–Trinajstić information content (AvgIpc) is 2.59. The van der Waals surface area contributed by atoms with Gasteiger partial charge in [0.25, 0.3) is 11.8 Å². The Morgan fingerprint density at radius 1 is 1.08 bits per heavy atom. The number of halogens is 3. The van der Waals surface area contributed by atoms with Crippen molar-refractivity contribution in [1.29, 1.82) is 0 Å². The van der Waals surface area contributed by atoms with Gasteiger partial charge in [0.1, 0.15) is 5.69 Å². The number of carbonyl (C=O) groups excluding carboxylic acids is 2. The summed E-state index contributed by atoms with van der Waals surface area (Å²) in [6.45, 7) is 2.42. The van der Waals surface area contributed by atoms with Crippen molar-refractivity contribution >= 4 is 17.5 Å². The molecule has 0 saturated carbocycles. The Labute approximate surface area is 142 Å². The number of nitrogens with one attached hydrogen (secondary N) is 2. The molecule has 5 nitrogen and oxygen atoms in total. The molecule has 2 rings (SSSR count). The molecule has 1 aromatic carbocycles. The van der Waals surface area contributed by atoms with E-state index in [1.807, 2.05) is 6.92 Å². The SMILES string of the molecule is CCCNC(=O)c1ccnc(C(=O)Nc2ccc(C(F)(F)F)cc2)c1. The highest BCUT2D eigenvalue weighted by Gasteiger charge is 2.30. The van der Waals surface area contributed by atoms with Crippen molar-refractivity contribution in [2.75, 3.05) is 11.9 Å². The lowest BCUT2D eigenvalue weighted by atomic mass is 10.2. The van der Waals surface area contributed by atoms with Gasteiger partial charge < -0.3 is 10.6 Å². The lowest BCUT2D eigenvalue weighted by Gasteiger charge is -2.09. The van der Waals surface area contributed by atoms with Crippen LogP contribution in [0.4, 0.5) is 18.9 Å². The van der Waals surface area contributed by atoms with Crippen LogP contribution in [0.1, 0.15) is 39.8 Å². The molecule has 0 spiro atoms. The Morgan fingerprint density at radius 2 is 1.76 bits per heavy atom. The van der Waals surface area contributed by atoms with E-state index >= 15 is 0 Å². The highest BCUT2D eigenvalue weighted by molar-refractivity contribution is 6.04. The van der Waals surface area contributed by atoms with Crippen LogP contribution in [0.5, 0.6) is 0 Å². The molecule has 0 atom stereocenters. The van der Waals surface area contributed by atoms with Gasteiger partial charge in [-0.1, -0.05) is 6.92 Å². The lowest BCUT2D eigenvalue weighted by Crippen LogP contribution is -2.24. The maximum Gasteiger partial charge on any atom is 0.416 e. The van der Waals surface area contributed by atoms with Crippen LogP contribution in [0.15, 0.2) is 42.6 Å². The zero-order valence-electron chi connectivity index (χ0n) is 13.4. The molecule has 0 aliphatic carbocycles. The first-order chi connectivity index (χ1) is 11.8. The molecule has 0 aliphatic heterocycles. The number of hydrogen-bond acceptors (Lipinski definition) is 3. The van der Waals surface area contributed by atoms with Gasteiger partial charge in [-0.05, 0) is 42.8 Å². The quantitative estimate of drug-likeness (QED) is 0.866. The Kier molecular flexibility index (Phi) is 5.74. The minimum atomic E-state index is -4.44. The van der Waals surface area contributed by atoms with E-state index in [1.54, 1.807) is 0 Å². The molecule has 132 valence electrons. The van der Waals surface area contributed by atoms with Gasteiger partial charge in [0.2, 0.25) is 0 Å². The zero-order valence-corrected chi connectivity index (χ0v) is 13.4. The van der Waals surface area contributed by atoms with Crippen LogP contribution in [0.25, 0.3) is 0 Å². The molecular weight excluding hydrogens is 335 g/mol. The molecule has 2 aromatic rings. The van der Waals surface area contributed by atoms with E-state index in [1.165, 1.54) is 18.3 Å². The van der Waals surface area contributed by atoms with Crippen LogP contribution < -0.4 is 10.6 Å². The van der Waals surface area contributed by atoms with Crippen LogP contribution in [0, 0.1) is 0 Å². The van der Waals surface area contributed by atoms with Crippen LogP contribution >= 0.6 is 0 Å². The summed E-state index contributed by atoms with van der Waals surface area (Å²) in [6.07, 6.45) is -2.34. The highest BCUT2D eigenvalue weighted by atomic mass is 19.4. The molecule has 0 aliphatic rings. The molecule has 1 heterocycles. The lowest BCUT2D eigenvalue weighted by molar-refractivity contribution is -0.137. The minimum absolute atomic E-state index is 0.0101. The second kappa shape index (κ2) is 7.78. The van der Waals surface area contributed by atoms with Crippen LogP contribution in [0.3, 0.4) is 0 Å². The summed E-state index contributed by atoms with van der Waals surface area (Å²) in [4.78, 5) is 27.9. The van der Waals surface area contributed by atoms with E-state index in [0.717, 1.165) is 30.7 Å². The first kappa shape index (κ1) is 18.4. The second-order valence-electron chi connectivity index (χ2n) is 5.21. The number of amides is 2. The third-order valence-electron chi connectivity index (χ3n) is 3.26. The van der Waals surface area contributed by atoms with E-state index in [0.29, 0.717) is 6.54 Å². The van der Waals surface area contributed by atoms with Crippen molar-refractivity contribution in [2.45, 2.75) is 19.5 Å². The van der Waals surface area contributed by atoms with Crippen molar-refractivity contribution in [1.82, 2.24) is 10.3 Å². The van der Waals surface area contributed by atoms with Gasteiger partial charge in [-0.3, -0.25) is 14.6 Å². The van der Waals surface area contributed by atoms with E-state index in [9.17, 15) is 22.8 Å². The summed E-state index contributed by atoms with van der Waals surface area (Å²) in [5.41, 5.74) is -0.344. The molecular formula is C17H16F3N3O2. The Bertz CT molecular complexity index is 758. The number of alkyl halides is 3. The van der Waals surface area contributed by atoms with Gasteiger partial charge in [0.15, 0.2) is 0 Å². The topological polar surface area (TPSA) is 71.1 Å². The minimum Gasteiger partial charge on any atom is -0.352 e. The summed E-state index contributed by atoms with van der Waals surface area (Å²) in [6, 6.07) is 6.84. The average molecular weight is 351 g/mol. The number of hydrogen-bond donors (Lipinski definition) is 2. The van der Waals surface area contributed by atoms with Gasteiger partial charge in [0, 0.05) is 24.0 Å². The van der Waals surface area contributed by atoms with Crippen molar-refractivity contribution in [2.24, 2.45) is 0 Å². The maximum absolute atomic E-state index is 12.5. The first-order valence-electron chi connectivity index (χ1n) is 7.54. The van der Waals surface area contributed by atoms with Crippen molar-refractivity contribution in [3.05, 3.63) is 59.4 Å². The Morgan fingerprint density at radius 3 is 2.36 bits per heavy atom. The first-order valence-corrected chi connectivity index (χ1v) is 7.54.